The number of halogens is 1. The molecule has 8 rings (SSSR count). The maximum Gasteiger partial charge on any atom is 0.410 e. The number of fused-ring (bicyclic) bond motifs is 5. The minimum Gasteiger partial charge on any atom is -0.461 e. The lowest BCUT2D eigenvalue weighted by Gasteiger charge is -2.42. The number of piperazine rings is 1. The predicted molar refractivity (Wildman–Crippen MR) is 171 cm³/mol. The van der Waals surface area contributed by atoms with Crippen LogP contribution in [-0.2, 0) is 4.74 Å². The zero-order valence-electron chi connectivity index (χ0n) is 26.0. The van der Waals surface area contributed by atoms with E-state index in [1.807, 2.05) is 43.9 Å². The number of pyridine rings is 1. The van der Waals surface area contributed by atoms with Gasteiger partial charge in [0.1, 0.15) is 29.2 Å². The number of carbonyl (C=O) groups is 1. The molecule has 4 aliphatic rings. The molecule has 4 aromatic rings. The highest BCUT2D eigenvalue weighted by Gasteiger charge is 2.46. The molecule has 1 aromatic carbocycles. The van der Waals surface area contributed by atoms with Gasteiger partial charge in [0.25, 0.3) is 0 Å². The third-order valence-corrected chi connectivity index (χ3v) is 10.7. The van der Waals surface area contributed by atoms with Crippen LogP contribution in [0, 0.1) is 5.82 Å². The van der Waals surface area contributed by atoms with Crippen molar-refractivity contribution in [3.05, 3.63) is 35.7 Å². The predicted octanol–water partition coefficient (Wildman–Crippen LogP) is 6.04. The Morgan fingerprint density at radius 3 is 2.56 bits per heavy atom. The Kier molecular flexibility index (Phi) is 6.86. The van der Waals surface area contributed by atoms with Gasteiger partial charge in [-0.3, -0.25) is 14.8 Å². The van der Waals surface area contributed by atoms with Crippen molar-refractivity contribution in [3.63, 3.8) is 0 Å². The van der Waals surface area contributed by atoms with Gasteiger partial charge in [-0.2, -0.15) is 9.97 Å². The number of carbonyl (C=O) groups excluding carboxylic acids is 1. The second kappa shape index (κ2) is 10.7. The number of thiazole rings is 1. The fourth-order valence-electron chi connectivity index (χ4n) is 7.94. The molecule has 3 aromatic heterocycles. The van der Waals surface area contributed by atoms with Crippen LogP contribution in [0.3, 0.4) is 0 Å². The van der Waals surface area contributed by atoms with Crippen LogP contribution in [0.15, 0.2) is 29.9 Å². The topological polar surface area (TPSA) is 96.8 Å². The number of amides is 1. The van der Waals surface area contributed by atoms with Crippen LogP contribution in [0.5, 0.6) is 6.01 Å². The number of ether oxygens (including phenoxy) is 2. The third kappa shape index (κ3) is 4.97. The van der Waals surface area contributed by atoms with Gasteiger partial charge in [-0.25, -0.2) is 14.2 Å². The molecule has 0 radical (unpaired) electrons. The molecule has 45 heavy (non-hydrogen) atoms. The maximum absolute atomic E-state index is 16.6. The Bertz CT molecular complexity index is 1770. The fraction of sp³-hybridized carbons (Fsp3) is 0.545. The smallest absolute Gasteiger partial charge is 0.410 e. The van der Waals surface area contributed by atoms with Crippen LogP contribution >= 0.6 is 11.3 Å². The summed E-state index contributed by atoms with van der Waals surface area (Å²) in [7, 11) is 0. The van der Waals surface area contributed by atoms with E-state index in [-0.39, 0.29) is 40.9 Å². The molecule has 4 fully saturated rings. The number of nitrogens with zero attached hydrogens (tertiary/aromatic N) is 7. The zero-order valence-corrected chi connectivity index (χ0v) is 26.8. The largest absolute Gasteiger partial charge is 0.461 e. The minimum absolute atomic E-state index is 0.00115. The first-order valence-electron chi connectivity index (χ1n) is 16.0. The first-order valence-corrected chi connectivity index (χ1v) is 16.9. The molecular weight excluding hydrogens is 593 g/mol. The van der Waals surface area contributed by atoms with Crippen LogP contribution in [0.25, 0.3) is 32.4 Å². The second-order valence-corrected chi connectivity index (χ2v) is 14.8. The summed E-state index contributed by atoms with van der Waals surface area (Å²) in [6.07, 6.45) is 7.63. The van der Waals surface area contributed by atoms with E-state index < -0.39 is 11.4 Å². The van der Waals surface area contributed by atoms with Crippen molar-refractivity contribution in [2.75, 3.05) is 37.7 Å². The molecule has 7 heterocycles. The Balaban J connectivity index is 1.18. The van der Waals surface area contributed by atoms with Gasteiger partial charge in [0.05, 0.1) is 38.7 Å². The molecule has 0 N–H and O–H groups in total. The van der Waals surface area contributed by atoms with Crippen molar-refractivity contribution in [1.82, 2.24) is 29.7 Å². The lowest BCUT2D eigenvalue weighted by atomic mass is 9.95. The number of benzene rings is 1. The Morgan fingerprint density at radius 2 is 1.82 bits per heavy atom. The van der Waals surface area contributed by atoms with Crippen molar-refractivity contribution in [3.8, 4) is 17.3 Å². The van der Waals surface area contributed by atoms with Gasteiger partial charge in [-0.1, -0.05) is 12.1 Å². The maximum atomic E-state index is 16.6. The van der Waals surface area contributed by atoms with Gasteiger partial charge in [0.2, 0.25) is 0 Å². The van der Waals surface area contributed by atoms with E-state index in [2.05, 4.69) is 19.8 Å². The third-order valence-electron chi connectivity index (χ3n) is 9.93. The molecule has 2 atom stereocenters. The number of hydrogen-bond donors (Lipinski definition) is 0. The standard InChI is InChI=1S/C33H38FN7O3S/c1-32(2,3)44-31(42)41-20-9-10-21(41)17-39(16-20)29-23-15-35-27(22-7-4-8-24-26(22)36-19-45-24)25(34)28(23)37-30(38-29)43-18-33-11-5-13-40(33)14-6-12-33/h4,7-8,15,19-21H,5-6,9-14,16-18H2,1-3H3. The molecule has 0 spiro atoms. The average Bonchev–Trinajstić information content (AvgIpc) is 3.78. The van der Waals surface area contributed by atoms with Gasteiger partial charge in [-0.15, -0.1) is 11.3 Å². The quantitative estimate of drug-likeness (QED) is 0.261. The van der Waals surface area contributed by atoms with Gasteiger partial charge in [-0.05, 0) is 78.5 Å². The Labute approximate surface area is 265 Å². The summed E-state index contributed by atoms with van der Waals surface area (Å²) in [5.74, 6) is 0.0751. The summed E-state index contributed by atoms with van der Waals surface area (Å²) in [5, 5.41) is 0.528. The molecular formula is C33H38FN7O3S. The highest BCUT2D eigenvalue weighted by Crippen LogP contribution is 2.41. The van der Waals surface area contributed by atoms with Crippen LogP contribution in [0.2, 0.25) is 0 Å². The summed E-state index contributed by atoms with van der Waals surface area (Å²) < 4.78 is 29.8. The first-order chi connectivity index (χ1) is 21.7. The molecule has 4 aliphatic heterocycles. The Hall–Kier alpha value is -3.64. The summed E-state index contributed by atoms with van der Waals surface area (Å²) in [4.78, 5) is 38.5. The molecule has 236 valence electrons. The van der Waals surface area contributed by atoms with E-state index in [0.29, 0.717) is 36.5 Å². The highest BCUT2D eigenvalue weighted by atomic mass is 32.1. The summed E-state index contributed by atoms with van der Waals surface area (Å²) >= 11 is 1.51. The zero-order chi connectivity index (χ0) is 30.9. The summed E-state index contributed by atoms with van der Waals surface area (Å²) in [6, 6.07) is 5.83. The lowest BCUT2D eigenvalue weighted by Crippen LogP contribution is -2.57. The van der Waals surface area contributed by atoms with Crippen LogP contribution in [0.1, 0.15) is 59.3 Å². The van der Waals surface area contributed by atoms with E-state index in [0.717, 1.165) is 61.8 Å². The van der Waals surface area contributed by atoms with Gasteiger partial charge >= 0.3 is 12.1 Å². The molecule has 12 heteroatoms. The molecule has 0 aliphatic carbocycles. The van der Waals surface area contributed by atoms with Crippen molar-refractivity contribution >= 4 is 44.4 Å². The summed E-state index contributed by atoms with van der Waals surface area (Å²) in [5.41, 5.74) is 2.93. The van der Waals surface area contributed by atoms with E-state index in [9.17, 15) is 4.79 Å². The fourth-order valence-corrected chi connectivity index (χ4v) is 8.64. The van der Waals surface area contributed by atoms with Crippen LogP contribution < -0.4 is 9.64 Å². The molecule has 0 saturated carbocycles. The molecule has 2 unspecified atom stereocenters. The van der Waals surface area contributed by atoms with Crippen molar-refractivity contribution in [2.24, 2.45) is 0 Å². The number of para-hydroxylation sites is 1. The number of aromatic nitrogens is 4. The molecule has 2 bridgehead atoms. The highest BCUT2D eigenvalue weighted by molar-refractivity contribution is 7.16. The Morgan fingerprint density at radius 1 is 1.07 bits per heavy atom. The minimum atomic E-state index is -0.569. The number of hydrogen-bond acceptors (Lipinski definition) is 10. The van der Waals surface area contributed by atoms with Gasteiger partial charge in [0, 0.05) is 24.8 Å². The molecule has 10 nitrogen and oxygen atoms in total. The lowest BCUT2D eigenvalue weighted by molar-refractivity contribution is 0.0122. The SMILES string of the molecule is CC(C)(C)OC(=O)N1C2CCC1CN(c1nc(OCC34CCCN3CCC4)nc3c(F)c(-c4cccc5scnc45)ncc13)C2. The van der Waals surface area contributed by atoms with Crippen molar-refractivity contribution in [1.29, 1.82) is 0 Å². The summed E-state index contributed by atoms with van der Waals surface area (Å²) in [6.45, 7) is 9.43. The molecule has 1 amide bonds. The normalized spacial score (nSPS) is 22.8. The van der Waals surface area contributed by atoms with Crippen molar-refractivity contribution < 1.29 is 18.7 Å². The average molecular weight is 632 g/mol. The van der Waals surface area contributed by atoms with E-state index in [1.54, 1.807) is 11.7 Å². The second-order valence-electron chi connectivity index (χ2n) is 13.9. The number of anilines is 1. The number of rotatable bonds is 5. The molecule has 4 saturated heterocycles. The van der Waals surface area contributed by atoms with Gasteiger partial charge < -0.3 is 14.4 Å². The van der Waals surface area contributed by atoms with Gasteiger partial charge in [0.15, 0.2) is 5.82 Å². The van der Waals surface area contributed by atoms with E-state index in [4.69, 9.17) is 19.4 Å². The first kappa shape index (κ1) is 28.8. The monoisotopic (exact) mass is 631 g/mol. The van der Waals surface area contributed by atoms with E-state index >= 15 is 4.39 Å². The van der Waals surface area contributed by atoms with Crippen LogP contribution in [0.4, 0.5) is 15.0 Å². The van der Waals surface area contributed by atoms with Crippen LogP contribution in [-0.4, -0.2) is 91.8 Å². The van der Waals surface area contributed by atoms with Crippen molar-refractivity contribution in [2.45, 2.75) is 82.5 Å². The van der Waals surface area contributed by atoms with E-state index in [1.165, 1.54) is 11.3 Å².